The molecule has 0 saturated carbocycles. The lowest BCUT2D eigenvalue weighted by molar-refractivity contribution is 0.0931. The molecule has 1 aromatic heterocycles. The molecule has 3 heterocycles. The number of halogens is 2. The molecule has 0 fully saturated rings. The molecule has 0 saturated heterocycles. The van der Waals surface area contributed by atoms with Crippen LogP contribution in [0.5, 0.6) is 5.88 Å². The van der Waals surface area contributed by atoms with E-state index in [1.54, 1.807) is 0 Å². The minimum Gasteiger partial charge on any atom is -0.455 e. The summed E-state index contributed by atoms with van der Waals surface area (Å²) in [5.74, 6) is -0.813. The van der Waals surface area contributed by atoms with Gasteiger partial charge in [0.25, 0.3) is 5.91 Å². The van der Waals surface area contributed by atoms with Crippen molar-refractivity contribution in [1.82, 2.24) is 15.3 Å². The Morgan fingerprint density at radius 3 is 2.94 bits per heavy atom. The van der Waals surface area contributed by atoms with Crippen LogP contribution in [0.2, 0.25) is 5.02 Å². The lowest BCUT2D eigenvalue weighted by Crippen LogP contribution is -2.40. The van der Waals surface area contributed by atoms with Crippen molar-refractivity contribution in [2.75, 3.05) is 23.5 Å². The van der Waals surface area contributed by atoms with Crippen molar-refractivity contribution in [3.05, 3.63) is 69.6 Å². The first-order valence-electron chi connectivity index (χ1n) is 10.8. The molecule has 0 unspecified atom stereocenters. The largest absolute Gasteiger partial charge is 0.455 e. The molecule has 0 radical (unpaired) electrons. The zero-order chi connectivity index (χ0) is 24.0. The summed E-state index contributed by atoms with van der Waals surface area (Å²) in [6, 6.07) is 8.07. The zero-order valence-electron chi connectivity index (χ0n) is 18.7. The summed E-state index contributed by atoms with van der Waals surface area (Å²) in [7, 11) is 0. The van der Waals surface area contributed by atoms with E-state index in [0.29, 0.717) is 12.2 Å². The molecule has 176 valence electrons. The molecule has 2 aliphatic heterocycles. The molecule has 0 aliphatic carbocycles. The number of aromatic nitrogens is 2. The average Bonchev–Trinajstić information content (AvgIpc) is 2.79. The monoisotopic (exact) mass is 483 g/mol. The third-order valence-corrected chi connectivity index (χ3v) is 6.36. The Labute approximate surface area is 200 Å². The number of carbonyl (C=O) groups is 1. The molecule has 1 amide bonds. The van der Waals surface area contributed by atoms with Crippen molar-refractivity contribution in [2.45, 2.75) is 32.4 Å². The van der Waals surface area contributed by atoms with E-state index in [0.717, 1.165) is 28.1 Å². The van der Waals surface area contributed by atoms with Gasteiger partial charge in [-0.05, 0) is 41.0 Å². The minimum absolute atomic E-state index is 0.0517. The van der Waals surface area contributed by atoms with Crippen molar-refractivity contribution in [2.24, 2.45) is 0 Å². The fourth-order valence-corrected chi connectivity index (χ4v) is 4.89. The first kappa shape index (κ1) is 22.5. The van der Waals surface area contributed by atoms with E-state index < -0.39 is 11.7 Å². The lowest BCUT2D eigenvalue weighted by Gasteiger charge is -2.35. The first-order chi connectivity index (χ1) is 16.3. The van der Waals surface area contributed by atoms with Crippen LogP contribution in [0.3, 0.4) is 0 Å². The second-order valence-electron chi connectivity index (χ2n) is 8.93. The van der Waals surface area contributed by atoms with E-state index >= 15 is 0 Å². The van der Waals surface area contributed by atoms with Crippen LogP contribution in [0.25, 0.3) is 0 Å². The lowest BCUT2D eigenvalue weighted by atomic mass is 9.76. The van der Waals surface area contributed by atoms with Crippen LogP contribution < -0.4 is 20.3 Å². The van der Waals surface area contributed by atoms with Gasteiger partial charge >= 0.3 is 0 Å². The number of hydrogen-bond acceptors (Lipinski definition) is 7. The minimum atomic E-state index is -0.628. The van der Waals surface area contributed by atoms with Crippen LogP contribution in [0, 0.1) is 5.82 Å². The molecule has 0 atom stereocenters. The topological polar surface area (TPSA) is 99.6 Å². The third-order valence-electron chi connectivity index (χ3n) is 6.05. The van der Waals surface area contributed by atoms with Crippen molar-refractivity contribution < 1.29 is 19.0 Å². The molecule has 3 N–H and O–H groups in total. The van der Waals surface area contributed by atoms with Gasteiger partial charge in [0.1, 0.15) is 17.1 Å². The summed E-state index contributed by atoms with van der Waals surface area (Å²) < 4.78 is 20.0. The van der Waals surface area contributed by atoms with E-state index in [9.17, 15) is 14.3 Å². The number of aliphatic hydroxyl groups excluding tert-OH is 1. The molecule has 34 heavy (non-hydrogen) atoms. The third kappa shape index (κ3) is 3.85. The van der Waals surface area contributed by atoms with Crippen LogP contribution in [-0.2, 0) is 18.6 Å². The summed E-state index contributed by atoms with van der Waals surface area (Å²) in [6.45, 7) is 5.48. The van der Waals surface area contributed by atoms with Gasteiger partial charge in [0.2, 0.25) is 11.8 Å². The predicted molar refractivity (Wildman–Crippen MR) is 126 cm³/mol. The number of carbonyl (C=O) groups excluding carboxylic acids is 1. The standard InChI is InChI=1S/C24H23ClFN5O3/c1-24(2)11-27-8-13-6-15(7-14(10-32)19(13)24)29-23-28-9-16-21(30-23)34-12-31(22(16)33)20-17(25)4-3-5-18(20)26/h3-7,9,27,32H,8,10-12H2,1-2H3,(H,28,29,30). The maximum absolute atomic E-state index is 14.3. The molecule has 5 rings (SSSR count). The van der Waals surface area contributed by atoms with Crippen LogP contribution in [0.1, 0.15) is 40.9 Å². The highest BCUT2D eigenvalue weighted by Crippen LogP contribution is 2.36. The van der Waals surface area contributed by atoms with Crippen LogP contribution in [0.15, 0.2) is 36.5 Å². The quantitative estimate of drug-likeness (QED) is 0.517. The number of hydrogen-bond donors (Lipinski definition) is 3. The van der Waals surface area contributed by atoms with Gasteiger partial charge in [-0.3, -0.25) is 9.69 Å². The number of nitrogens with one attached hydrogen (secondary N) is 2. The van der Waals surface area contributed by atoms with Gasteiger partial charge in [0.05, 0.1) is 11.6 Å². The van der Waals surface area contributed by atoms with Gasteiger partial charge < -0.3 is 20.5 Å². The fraction of sp³-hybridized carbons (Fsp3) is 0.292. The number of nitrogens with zero attached hydrogens (tertiary/aromatic N) is 3. The Balaban J connectivity index is 1.43. The predicted octanol–water partition coefficient (Wildman–Crippen LogP) is 3.88. The fourth-order valence-electron chi connectivity index (χ4n) is 4.63. The number of benzene rings is 2. The van der Waals surface area contributed by atoms with Gasteiger partial charge in [-0.25, -0.2) is 9.37 Å². The van der Waals surface area contributed by atoms with Gasteiger partial charge in [0, 0.05) is 30.4 Å². The van der Waals surface area contributed by atoms with E-state index in [2.05, 4.69) is 34.4 Å². The van der Waals surface area contributed by atoms with Crippen molar-refractivity contribution in [3.8, 4) is 5.88 Å². The molecule has 2 aliphatic rings. The molecule has 8 nitrogen and oxygen atoms in total. The highest BCUT2D eigenvalue weighted by molar-refractivity contribution is 6.34. The zero-order valence-corrected chi connectivity index (χ0v) is 19.4. The number of rotatable bonds is 4. The average molecular weight is 484 g/mol. The highest BCUT2D eigenvalue weighted by Gasteiger charge is 2.32. The summed E-state index contributed by atoms with van der Waals surface area (Å²) in [5.41, 5.74) is 3.73. The Morgan fingerprint density at radius 2 is 2.18 bits per heavy atom. The number of ether oxygens (including phenoxy) is 1. The Kier molecular flexibility index (Phi) is 5.63. The smallest absolute Gasteiger partial charge is 0.268 e. The van der Waals surface area contributed by atoms with Crippen LogP contribution in [-0.4, -0.2) is 34.3 Å². The number of fused-ring (bicyclic) bond motifs is 2. The Hall–Kier alpha value is -3.27. The maximum atomic E-state index is 14.3. The molecular weight excluding hydrogens is 461 g/mol. The number of anilines is 3. The molecular formula is C24H23ClFN5O3. The summed E-state index contributed by atoms with van der Waals surface area (Å²) >= 11 is 6.11. The summed E-state index contributed by atoms with van der Waals surface area (Å²) in [4.78, 5) is 22.7. The summed E-state index contributed by atoms with van der Waals surface area (Å²) in [6.07, 6.45) is 1.34. The SMILES string of the molecule is CC1(C)CNCc2cc(Nc3ncc4c(n3)OCN(c3c(F)cccc3Cl)C4=O)cc(CO)c21. The number of para-hydroxylation sites is 1. The number of amides is 1. The van der Waals surface area contributed by atoms with E-state index in [1.807, 2.05) is 12.1 Å². The van der Waals surface area contributed by atoms with Crippen molar-refractivity contribution in [3.63, 3.8) is 0 Å². The molecule has 2 aromatic carbocycles. The Morgan fingerprint density at radius 1 is 1.35 bits per heavy atom. The van der Waals surface area contributed by atoms with E-state index in [-0.39, 0.29) is 46.9 Å². The van der Waals surface area contributed by atoms with Crippen molar-refractivity contribution in [1.29, 1.82) is 0 Å². The molecule has 0 spiro atoms. The Bertz CT molecular complexity index is 1260. The van der Waals surface area contributed by atoms with Gasteiger partial charge in [0.15, 0.2) is 6.73 Å². The molecule has 0 bridgehead atoms. The van der Waals surface area contributed by atoms with Gasteiger partial charge in [-0.2, -0.15) is 4.98 Å². The van der Waals surface area contributed by atoms with Crippen LogP contribution in [0.4, 0.5) is 21.7 Å². The first-order valence-corrected chi connectivity index (χ1v) is 11.2. The van der Waals surface area contributed by atoms with E-state index in [4.69, 9.17) is 16.3 Å². The normalized spacial score (nSPS) is 16.5. The molecule has 3 aromatic rings. The van der Waals surface area contributed by atoms with Crippen LogP contribution >= 0.6 is 11.6 Å². The maximum Gasteiger partial charge on any atom is 0.268 e. The molecule has 10 heteroatoms. The highest BCUT2D eigenvalue weighted by atomic mass is 35.5. The van der Waals surface area contributed by atoms with Crippen molar-refractivity contribution >= 4 is 34.8 Å². The summed E-state index contributed by atoms with van der Waals surface area (Å²) in [5, 5.41) is 16.6. The van der Waals surface area contributed by atoms with Gasteiger partial charge in [-0.1, -0.05) is 31.5 Å². The second-order valence-corrected chi connectivity index (χ2v) is 9.34. The van der Waals surface area contributed by atoms with Gasteiger partial charge in [-0.15, -0.1) is 0 Å². The number of aliphatic hydroxyl groups is 1. The van der Waals surface area contributed by atoms with E-state index in [1.165, 1.54) is 24.4 Å². The second kappa shape index (κ2) is 8.50.